The third kappa shape index (κ3) is 4.62. The molecule has 0 aliphatic carbocycles. The Morgan fingerprint density at radius 2 is 2.06 bits per heavy atom. The molecule has 0 N–H and O–H groups in total. The van der Waals surface area contributed by atoms with E-state index in [4.69, 9.17) is 10.00 Å². The molecule has 0 fully saturated rings. The fourth-order valence-corrected chi connectivity index (χ4v) is 2.16. The standard InChI is InChI=1S/C14H16BrNO/c1-11(2)13(10-15)9-12-3-5-14(6-4-12)17-8-7-16/h3-6,9,11H,8,10H2,1-2H3. The maximum atomic E-state index is 8.40. The van der Waals surface area contributed by atoms with Gasteiger partial charge < -0.3 is 4.74 Å². The summed E-state index contributed by atoms with van der Waals surface area (Å²) in [5.41, 5.74) is 2.51. The molecule has 0 unspecified atom stereocenters. The molecule has 90 valence electrons. The van der Waals surface area contributed by atoms with E-state index in [1.165, 1.54) is 5.57 Å². The summed E-state index contributed by atoms with van der Waals surface area (Å²) < 4.78 is 5.20. The normalized spacial score (nSPS) is 11.4. The Balaban J connectivity index is 2.77. The molecular formula is C14H16BrNO. The van der Waals surface area contributed by atoms with Gasteiger partial charge in [-0.2, -0.15) is 5.26 Å². The molecule has 0 bridgehead atoms. The van der Waals surface area contributed by atoms with E-state index < -0.39 is 0 Å². The van der Waals surface area contributed by atoms with Crippen molar-refractivity contribution in [2.75, 3.05) is 11.9 Å². The molecule has 0 aromatic heterocycles. The van der Waals surface area contributed by atoms with Crippen LogP contribution in [0, 0.1) is 17.2 Å². The number of hydrogen-bond acceptors (Lipinski definition) is 2. The molecule has 1 rings (SSSR count). The van der Waals surface area contributed by atoms with Crippen molar-refractivity contribution in [3.05, 3.63) is 35.4 Å². The molecule has 0 spiro atoms. The first-order chi connectivity index (χ1) is 8.17. The van der Waals surface area contributed by atoms with Crippen molar-refractivity contribution in [1.29, 1.82) is 5.26 Å². The highest BCUT2D eigenvalue weighted by atomic mass is 79.9. The van der Waals surface area contributed by atoms with Gasteiger partial charge in [0.05, 0.1) is 0 Å². The van der Waals surface area contributed by atoms with Gasteiger partial charge in [0, 0.05) is 5.33 Å². The summed E-state index contributed by atoms with van der Waals surface area (Å²) >= 11 is 3.49. The Bertz CT molecular complexity index is 415. The van der Waals surface area contributed by atoms with Crippen LogP contribution in [0.15, 0.2) is 29.8 Å². The zero-order valence-corrected chi connectivity index (χ0v) is 11.7. The van der Waals surface area contributed by atoms with Crippen molar-refractivity contribution in [2.45, 2.75) is 13.8 Å². The average Bonchev–Trinajstić information content (AvgIpc) is 2.34. The number of ether oxygens (including phenoxy) is 1. The number of alkyl halides is 1. The predicted molar refractivity (Wildman–Crippen MR) is 74.2 cm³/mol. The third-order valence-corrected chi connectivity index (χ3v) is 3.08. The molecule has 0 heterocycles. The lowest BCUT2D eigenvalue weighted by Gasteiger charge is -2.08. The lowest BCUT2D eigenvalue weighted by molar-refractivity contribution is 0.368. The van der Waals surface area contributed by atoms with Crippen LogP contribution in [0.2, 0.25) is 0 Å². The smallest absolute Gasteiger partial charge is 0.174 e. The van der Waals surface area contributed by atoms with E-state index in [9.17, 15) is 0 Å². The topological polar surface area (TPSA) is 33.0 Å². The monoisotopic (exact) mass is 293 g/mol. The van der Waals surface area contributed by atoms with Gasteiger partial charge in [0.25, 0.3) is 0 Å². The van der Waals surface area contributed by atoms with Crippen molar-refractivity contribution in [1.82, 2.24) is 0 Å². The van der Waals surface area contributed by atoms with Gasteiger partial charge >= 0.3 is 0 Å². The fourth-order valence-electron chi connectivity index (χ4n) is 1.35. The van der Waals surface area contributed by atoms with Crippen LogP contribution in [0.5, 0.6) is 5.75 Å². The lowest BCUT2D eigenvalue weighted by atomic mass is 10.0. The summed E-state index contributed by atoms with van der Waals surface area (Å²) in [4.78, 5) is 0. The second-order valence-electron chi connectivity index (χ2n) is 4.02. The number of rotatable bonds is 5. The first-order valence-electron chi connectivity index (χ1n) is 5.53. The van der Waals surface area contributed by atoms with Gasteiger partial charge in [-0.05, 0) is 23.6 Å². The van der Waals surface area contributed by atoms with Crippen LogP contribution in [0.1, 0.15) is 19.4 Å². The molecule has 0 saturated heterocycles. The zero-order chi connectivity index (χ0) is 12.7. The number of halogens is 1. The average molecular weight is 294 g/mol. The molecule has 2 nitrogen and oxygen atoms in total. The Labute approximate surface area is 111 Å². The Hall–Kier alpha value is -1.27. The quantitative estimate of drug-likeness (QED) is 0.768. The minimum Gasteiger partial charge on any atom is -0.479 e. The number of hydrogen-bond donors (Lipinski definition) is 0. The molecule has 0 atom stereocenters. The van der Waals surface area contributed by atoms with Crippen molar-refractivity contribution >= 4 is 22.0 Å². The van der Waals surface area contributed by atoms with Crippen molar-refractivity contribution < 1.29 is 4.74 Å². The maximum absolute atomic E-state index is 8.40. The molecule has 1 aromatic rings. The summed E-state index contributed by atoms with van der Waals surface area (Å²) in [5, 5.41) is 9.29. The highest BCUT2D eigenvalue weighted by molar-refractivity contribution is 9.09. The highest BCUT2D eigenvalue weighted by Gasteiger charge is 2.01. The first kappa shape index (κ1) is 13.8. The molecule has 0 aliphatic heterocycles. The molecule has 0 aliphatic rings. The summed E-state index contributed by atoms with van der Waals surface area (Å²) in [7, 11) is 0. The van der Waals surface area contributed by atoms with Gasteiger partial charge in [0.1, 0.15) is 11.8 Å². The predicted octanol–water partition coefficient (Wildman–Crippen LogP) is 4.02. The summed E-state index contributed by atoms with van der Waals surface area (Å²) in [5.74, 6) is 1.26. The molecule has 0 saturated carbocycles. The minimum absolute atomic E-state index is 0.0911. The van der Waals surface area contributed by atoms with E-state index in [2.05, 4.69) is 35.9 Å². The molecule has 0 amide bonds. The van der Waals surface area contributed by atoms with E-state index in [1.807, 2.05) is 30.3 Å². The first-order valence-corrected chi connectivity index (χ1v) is 6.65. The van der Waals surface area contributed by atoms with E-state index >= 15 is 0 Å². The summed E-state index contributed by atoms with van der Waals surface area (Å²) in [6, 6.07) is 9.71. The van der Waals surface area contributed by atoms with Crippen LogP contribution < -0.4 is 4.74 Å². The number of nitriles is 1. The number of nitrogens with zero attached hydrogens (tertiary/aromatic N) is 1. The van der Waals surface area contributed by atoms with Gasteiger partial charge in [0.2, 0.25) is 0 Å². The SMILES string of the molecule is CC(C)C(=Cc1ccc(OCC#N)cc1)CBr. The molecule has 3 heteroatoms. The summed E-state index contributed by atoms with van der Waals surface area (Å²) in [6.07, 6.45) is 2.17. The van der Waals surface area contributed by atoms with Crippen LogP contribution in [-0.2, 0) is 0 Å². The van der Waals surface area contributed by atoms with Crippen molar-refractivity contribution in [3.8, 4) is 11.8 Å². The molecule has 17 heavy (non-hydrogen) atoms. The van der Waals surface area contributed by atoms with Crippen molar-refractivity contribution in [2.24, 2.45) is 5.92 Å². The Kier molecular flexibility index (Phi) is 5.79. The van der Waals surface area contributed by atoms with Crippen LogP contribution in [0.3, 0.4) is 0 Å². The van der Waals surface area contributed by atoms with E-state index in [0.717, 1.165) is 16.6 Å². The second-order valence-corrected chi connectivity index (χ2v) is 4.58. The Morgan fingerprint density at radius 1 is 1.41 bits per heavy atom. The molecule has 1 aromatic carbocycles. The van der Waals surface area contributed by atoms with Crippen LogP contribution in [0.4, 0.5) is 0 Å². The second kappa shape index (κ2) is 7.13. The Morgan fingerprint density at radius 3 is 2.53 bits per heavy atom. The van der Waals surface area contributed by atoms with Crippen LogP contribution >= 0.6 is 15.9 Å². The zero-order valence-electron chi connectivity index (χ0n) is 10.1. The fraction of sp³-hybridized carbons (Fsp3) is 0.357. The van der Waals surface area contributed by atoms with E-state index in [-0.39, 0.29) is 6.61 Å². The van der Waals surface area contributed by atoms with Gasteiger partial charge in [-0.15, -0.1) is 0 Å². The van der Waals surface area contributed by atoms with E-state index in [0.29, 0.717) is 5.92 Å². The number of benzene rings is 1. The highest BCUT2D eigenvalue weighted by Crippen LogP contribution is 2.19. The number of allylic oxidation sites excluding steroid dienone is 1. The van der Waals surface area contributed by atoms with E-state index in [1.54, 1.807) is 0 Å². The lowest BCUT2D eigenvalue weighted by Crippen LogP contribution is -1.95. The molecular weight excluding hydrogens is 278 g/mol. The summed E-state index contributed by atoms with van der Waals surface area (Å²) in [6.45, 7) is 4.45. The van der Waals surface area contributed by atoms with Gasteiger partial charge in [-0.3, -0.25) is 0 Å². The third-order valence-electron chi connectivity index (χ3n) is 2.43. The largest absolute Gasteiger partial charge is 0.479 e. The molecule has 0 radical (unpaired) electrons. The minimum atomic E-state index is 0.0911. The van der Waals surface area contributed by atoms with Crippen molar-refractivity contribution in [3.63, 3.8) is 0 Å². The van der Waals surface area contributed by atoms with Gasteiger partial charge in [0.15, 0.2) is 6.61 Å². The van der Waals surface area contributed by atoms with Crippen LogP contribution in [-0.4, -0.2) is 11.9 Å². The van der Waals surface area contributed by atoms with Gasteiger partial charge in [-0.25, -0.2) is 0 Å². The van der Waals surface area contributed by atoms with Crippen LogP contribution in [0.25, 0.3) is 6.08 Å². The maximum Gasteiger partial charge on any atom is 0.174 e. The van der Waals surface area contributed by atoms with Gasteiger partial charge in [-0.1, -0.05) is 53.6 Å².